The maximum atomic E-state index is 13.4. The molecule has 0 radical (unpaired) electrons. The lowest BCUT2D eigenvalue weighted by Gasteiger charge is -2.20. The fourth-order valence-electron chi connectivity index (χ4n) is 3.37. The molecule has 2 N–H and O–H groups in total. The number of anilines is 1. The molecule has 3 aromatic carbocycles. The average Bonchev–Trinajstić information content (AvgIpc) is 2.85. The van der Waals surface area contributed by atoms with Crippen LogP contribution in [0.15, 0.2) is 66.7 Å². The van der Waals surface area contributed by atoms with Crippen LogP contribution in [0.4, 0.5) is 5.69 Å². The lowest BCUT2D eigenvalue weighted by atomic mass is 10.0. The summed E-state index contributed by atoms with van der Waals surface area (Å²) in [4.78, 5) is 12.4. The van der Waals surface area contributed by atoms with Crippen molar-refractivity contribution in [3.05, 3.63) is 88.4 Å². The molecule has 0 saturated carbocycles. The van der Waals surface area contributed by atoms with E-state index < -0.39 is 27.5 Å². The van der Waals surface area contributed by atoms with Crippen LogP contribution in [0.2, 0.25) is 5.02 Å². The van der Waals surface area contributed by atoms with Crippen LogP contribution in [0.5, 0.6) is 11.5 Å². The predicted octanol–water partition coefficient (Wildman–Crippen LogP) is 4.93. The molecular weight excluding hydrogens is 494 g/mol. The van der Waals surface area contributed by atoms with Gasteiger partial charge in [0.1, 0.15) is 16.7 Å². The quantitative estimate of drug-likeness (QED) is 0.288. The highest BCUT2D eigenvalue weighted by atomic mass is 35.5. The number of benzene rings is 3. The van der Waals surface area contributed by atoms with E-state index in [0.29, 0.717) is 22.1 Å². The van der Waals surface area contributed by atoms with Crippen molar-refractivity contribution in [3.63, 3.8) is 0 Å². The Morgan fingerprint density at radius 2 is 1.74 bits per heavy atom. The number of hydrogen-bond donors (Lipinski definition) is 2. The summed E-state index contributed by atoms with van der Waals surface area (Å²) in [7, 11) is -1.52. The minimum atomic E-state index is -4.08. The highest BCUT2D eigenvalue weighted by Crippen LogP contribution is 2.33. The van der Waals surface area contributed by atoms with E-state index in [1.165, 1.54) is 45.4 Å². The van der Waals surface area contributed by atoms with Gasteiger partial charge in [-0.1, -0.05) is 29.8 Å². The summed E-state index contributed by atoms with van der Waals surface area (Å²) in [6.07, 6.45) is -1.14. The van der Waals surface area contributed by atoms with Gasteiger partial charge in [-0.15, -0.1) is 0 Å². The van der Waals surface area contributed by atoms with Crippen LogP contribution in [-0.2, 0) is 25.9 Å². The van der Waals surface area contributed by atoms with Gasteiger partial charge in [0.25, 0.3) is 0 Å². The van der Waals surface area contributed by atoms with E-state index in [9.17, 15) is 18.3 Å². The first-order chi connectivity index (χ1) is 16.6. The van der Waals surface area contributed by atoms with Gasteiger partial charge < -0.3 is 19.3 Å². The second kappa shape index (κ2) is 11.5. The minimum absolute atomic E-state index is 0.0110. The van der Waals surface area contributed by atoms with E-state index in [0.717, 1.165) is 0 Å². The van der Waals surface area contributed by atoms with Gasteiger partial charge in [-0.25, -0.2) is 13.2 Å². The van der Waals surface area contributed by atoms with Crippen LogP contribution in [0, 0.1) is 0 Å². The number of carbonyl (C=O) groups excluding carboxylic acids is 1. The number of hydrogen-bond acceptors (Lipinski definition) is 7. The Morgan fingerprint density at radius 1 is 1.03 bits per heavy atom. The maximum Gasteiger partial charge on any atom is 0.338 e. The number of halogens is 1. The first-order valence-electron chi connectivity index (χ1n) is 10.6. The Balaban J connectivity index is 1.98. The molecule has 0 heterocycles. The Kier molecular flexibility index (Phi) is 8.74. The topological polar surface area (TPSA) is 111 Å². The number of nitrogens with one attached hydrogen (secondary N) is 1. The molecule has 2 unspecified atom stereocenters. The van der Waals surface area contributed by atoms with Crippen LogP contribution < -0.4 is 9.46 Å². The summed E-state index contributed by atoms with van der Waals surface area (Å²) >= 11 is 6.06. The van der Waals surface area contributed by atoms with Gasteiger partial charge in [-0.05, 0) is 66.6 Å². The number of aliphatic hydroxyl groups is 1. The molecule has 0 saturated heterocycles. The third-order valence-electron chi connectivity index (χ3n) is 5.30. The van der Waals surface area contributed by atoms with Crippen LogP contribution in [-0.4, -0.2) is 40.0 Å². The van der Waals surface area contributed by atoms with Crippen molar-refractivity contribution in [3.8, 4) is 11.5 Å². The summed E-state index contributed by atoms with van der Waals surface area (Å²) in [5.74, 6) is 0.237. The van der Waals surface area contributed by atoms with Gasteiger partial charge in [0.05, 0.1) is 18.4 Å². The van der Waals surface area contributed by atoms with Crippen molar-refractivity contribution in [2.75, 3.05) is 18.9 Å². The normalized spacial score (nSPS) is 13.1. The van der Waals surface area contributed by atoms with Gasteiger partial charge in [0, 0.05) is 18.6 Å². The number of sulfonamides is 1. The lowest BCUT2D eigenvalue weighted by molar-refractivity contribution is -0.0719. The number of carbonyl (C=O) groups is 1. The number of aliphatic hydroxyl groups excluding tert-OH is 1. The highest BCUT2D eigenvalue weighted by molar-refractivity contribution is 7.92. The molecule has 0 fully saturated rings. The summed E-state index contributed by atoms with van der Waals surface area (Å²) < 4.78 is 44.9. The van der Waals surface area contributed by atoms with Crippen molar-refractivity contribution in [1.29, 1.82) is 0 Å². The Morgan fingerprint density at radius 3 is 2.40 bits per heavy atom. The smallest absolute Gasteiger partial charge is 0.338 e. The van der Waals surface area contributed by atoms with E-state index in [1.54, 1.807) is 36.4 Å². The molecule has 3 rings (SSSR count). The maximum absolute atomic E-state index is 13.4. The molecule has 0 spiro atoms. The monoisotopic (exact) mass is 519 g/mol. The van der Waals surface area contributed by atoms with Crippen molar-refractivity contribution in [2.24, 2.45) is 0 Å². The standard InChI is InChI=1S/C25H26ClNO7S/c1-16(35(30,31)27-23-12-9-18(26)13-17(23)14-24(28)32-2)22-15-20(10-11-21(22)25(29)33-3)34-19-7-5-4-6-8-19/h4-13,15-16,24,27-28H,14H2,1-3H3. The molecule has 2 atom stereocenters. The fraction of sp³-hybridized carbons (Fsp3) is 0.240. The van der Waals surface area contributed by atoms with E-state index >= 15 is 0 Å². The van der Waals surface area contributed by atoms with Crippen LogP contribution in [0.25, 0.3) is 0 Å². The van der Waals surface area contributed by atoms with Gasteiger partial charge in [-0.3, -0.25) is 4.72 Å². The number of rotatable bonds is 10. The molecule has 8 nitrogen and oxygen atoms in total. The van der Waals surface area contributed by atoms with Gasteiger partial charge in [0.15, 0.2) is 6.29 Å². The molecular formula is C25H26ClNO7S. The Bertz CT molecular complexity index is 1280. The zero-order valence-electron chi connectivity index (χ0n) is 19.4. The van der Waals surface area contributed by atoms with Crippen molar-refractivity contribution >= 4 is 33.3 Å². The SMILES string of the molecule is COC(=O)c1ccc(Oc2ccccc2)cc1C(C)S(=O)(=O)Nc1ccc(Cl)cc1CC(O)OC. The average molecular weight is 520 g/mol. The van der Waals surface area contributed by atoms with E-state index in [2.05, 4.69) is 4.72 Å². The van der Waals surface area contributed by atoms with E-state index in [1.807, 2.05) is 6.07 Å². The molecule has 0 aliphatic carbocycles. The van der Waals surface area contributed by atoms with Gasteiger partial charge in [-0.2, -0.15) is 0 Å². The summed E-state index contributed by atoms with van der Waals surface area (Å²) in [5, 5.41) is 9.08. The summed E-state index contributed by atoms with van der Waals surface area (Å²) in [6, 6.07) is 18.1. The lowest BCUT2D eigenvalue weighted by Crippen LogP contribution is -2.23. The fourth-order valence-corrected chi connectivity index (χ4v) is 4.78. The Labute approximate surface area is 209 Å². The minimum Gasteiger partial charge on any atom is -0.465 e. The first kappa shape index (κ1) is 26.5. The Hall–Kier alpha value is -3.11. The number of methoxy groups -OCH3 is 2. The van der Waals surface area contributed by atoms with Crippen LogP contribution >= 0.6 is 11.6 Å². The number of ether oxygens (including phenoxy) is 3. The molecule has 3 aromatic rings. The number of esters is 1. The van der Waals surface area contributed by atoms with Crippen LogP contribution in [0.1, 0.15) is 33.7 Å². The van der Waals surface area contributed by atoms with Crippen molar-refractivity contribution < 1.29 is 32.5 Å². The predicted molar refractivity (Wildman–Crippen MR) is 133 cm³/mol. The first-order valence-corrected chi connectivity index (χ1v) is 12.5. The third kappa shape index (κ3) is 6.73. The molecule has 0 aromatic heterocycles. The molecule has 0 bridgehead atoms. The second-order valence-corrected chi connectivity index (χ2v) is 10.1. The van der Waals surface area contributed by atoms with Gasteiger partial charge >= 0.3 is 5.97 Å². The molecule has 10 heteroatoms. The molecule has 0 aliphatic heterocycles. The van der Waals surface area contributed by atoms with E-state index in [-0.39, 0.29) is 23.2 Å². The third-order valence-corrected chi connectivity index (χ3v) is 7.22. The zero-order chi connectivity index (χ0) is 25.6. The number of para-hydroxylation sites is 1. The molecule has 35 heavy (non-hydrogen) atoms. The second-order valence-electron chi connectivity index (χ2n) is 7.64. The van der Waals surface area contributed by atoms with Gasteiger partial charge in [0.2, 0.25) is 10.0 Å². The summed E-state index contributed by atoms with van der Waals surface area (Å²) in [6.45, 7) is 1.45. The highest BCUT2D eigenvalue weighted by Gasteiger charge is 2.29. The largest absolute Gasteiger partial charge is 0.465 e. The summed E-state index contributed by atoms with van der Waals surface area (Å²) in [5.41, 5.74) is 0.966. The molecule has 0 amide bonds. The molecule has 0 aliphatic rings. The van der Waals surface area contributed by atoms with Crippen molar-refractivity contribution in [1.82, 2.24) is 0 Å². The van der Waals surface area contributed by atoms with E-state index in [4.69, 9.17) is 25.8 Å². The van der Waals surface area contributed by atoms with Crippen molar-refractivity contribution in [2.45, 2.75) is 24.9 Å². The van der Waals surface area contributed by atoms with Crippen LogP contribution in [0.3, 0.4) is 0 Å². The zero-order valence-corrected chi connectivity index (χ0v) is 21.0. The molecule has 186 valence electrons.